The van der Waals surface area contributed by atoms with Crippen molar-refractivity contribution in [2.24, 2.45) is 0 Å². The Bertz CT molecular complexity index is 382. The van der Waals surface area contributed by atoms with Gasteiger partial charge < -0.3 is 5.32 Å². The average Bonchev–Trinajstić information content (AvgIpc) is 2.87. The van der Waals surface area contributed by atoms with Crippen LogP contribution >= 0.6 is 22.9 Å². The zero-order chi connectivity index (χ0) is 11.5. The van der Waals surface area contributed by atoms with Gasteiger partial charge in [0.2, 0.25) is 5.91 Å². The van der Waals surface area contributed by atoms with Gasteiger partial charge in [-0.05, 0) is 19.4 Å². The molecule has 2 rings (SSSR count). The van der Waals surface area contributed by atoms with Crippen molar-refractivity contribution in [3.63, 3.8) is 0 Å². The Morgan fingerprint density at radius 3 is 3.25 bits per heavy atom. The summed E-state index contributed by atoms with van der Waals surface area (Å²) in [6, 6.07) is 0.00544. The number of amides is 1. The topological polar surface area (TPSA) is 45.2 Å². The second kappa shape index (κ2) is 5.12. The second-order valence-corrected chi connectivity index (χ2v) is 5.52. The molecule has 1 aromatic heterocycles. The number of halogens is 1. The van der Waals surface area contributed by atoms with Crippen molar-refractivity contribution in [3.8, 4) is 0 Å². The minimum Gasteiger partial charge on any atom is -0.358 e. The smallest absolute Gasteiger partial charge is 0.237 e. The fourth-order valence-electron chi connectivity index (χ4n) is 2.04. The van der Waals surface area contributed by atoms with Gasteiger partial charge in [0, 0.05) is 24.7 Å². The van der Waals surface area contributed by atoms with Crippen molar-refractivity contribution in [1.29, 1.82) is 0 Å². The van der Waals surface area contributed by atoms with Crippen LogP contribution in [0.4, 0.5) is 0 Å². The number of hydrogen-bond donors (Lipinski definition) is 1. The summed E-state index contributed by atoms with van der Waals surface area (Å²) in [6.45, 7) is 1.73. The van der Waals surface area contributed by atoms with E-state index < -0.39 is 0 Å². The number of likely N-dealkylation sites (N-methyl/N-ethyl adjacent to an activating group) is 1. The highest BCUT2D eigenvalue weighted by Crippen LogP contribution is 2.24. The Morgan fingerprint density at radius 1 is 1.81 bits per heavy atom. The molecule has 2 heterocycles. The SMILES string of the molecule is CNC(=O)C1CCCN1Cc1cnc(Cl)s1. The molecule has 1 amide bonds. The van der Waals surface area contributed by atoms with Gasteiger partial charge in [0.25, 0.3) is 0 Å². The highest BCUT2D eigenvalue weighted by molar-refractivity contribution is 7.15. The molecule has 1 fully saturated rings. The number of thiazole rings is 1. The standard InChI is InChI=1S/C10H14ClN3OS/c1-12-9(15)8-3-2-4-14(8)6-7-5-13-10(11)16-7/h5,8H,2-4,6H2,1H3,(H,12,15). The molecule has 0 aromatic carbocycles. The normalized spacial score (nSPS) is 21.2. The van der Waals surface area contributed by atoms with Gasteiger partial charge in [-0.2, -0.15) is 0 Å². The molecule has 88 valence electrons. The summed E-state index contributed by atoms with van der Waals surface area (Å²) >= 11 is 7.26. The van der Waals surface area contributed by atoms with E-state index in [1.165, 1.54) is 11.3 Å². The highest BCUT2D eigenvalue weighted by Gasteiger charge is 2.30. The maximum atomic E-state index is 11.6. The summed E-state index contributed by atoms with van der Waals surface area (Å²) in [6.07, 6.45) is 3.79. The molecule has 1 unspecified atom stereocenters. The first-order chi connectivity index (χ1) is 7.70. The van der Waals surface area contributed by atoms with E-state index >= 15 is 0 Å². The second-order valence-electron chi connectivity index (χ2n) is 3.82. The Labute approximate surface area is 104 Å². The lowest BCUT2D eigenvalue weighted by Crippen LogP contribution is -2.41. The number of nitrogens with zero attached hydrogens (tertiary/aromatic N) is 2. The lowest BCUT2D eigenvalue weighted by Gasteiger charge is -2.21. The van der Waals surface area contributed by atoms with Crippen molar-refractivity contribution in [2.45, 2.75) is 25.4 Å². The molecule has 1 atom stereocenters. The fraction of sp³-hybridized carbons (Fsp3) is 0.600. The monoisotopic (exact) mass is 259 g/mol. The molecule has 0 bridgehead atoms. The van der Waals surface area contributed by atoms with Gasteiger partial charge in [-0.1, -0.05) is 11.6 Å². The van der Waals surface area contributed by atoms with Crippen LogP contribution in [0.2, 0.25) is 4.47 Å². The molecule has 1 aliphatic rings. The third kappa shape index (κ3) is 2.53. The van der Waals surface area contributed by atoms with Crippen molar-refractivity contribution in [1.82, 2.24) is 15.2 Å². The number of hydrogen-bond acceptors (Lipinski definition) is 4. The number of rotatable bonds is 3. The van der Waals surface area contributed by atoms with Crippen LogP contribution in [-0.2, 0) is 11.3 Å². The Hall–Kier alpha value is -0.650. The lowest BCUT2D eigenvalue weighted by molar-refractivity contribution is -0.125. The molecule has 4 nitrogen and oxygen atoms in total. The molecule has 1 aromatic rings. The van der Waals surface area contributed by atoms with E-state index in [4.69, 9.17) is 11.6 Å². The molecule has 0 spiro atoms. The molecule has 1 saturated heterocycles. The third-order valence-electron chi connectivity index (χ3n) is 2.80. The third-order valence-corrected chi connectivity index (χ3v) is 3.90. The average molecular weight is 260 g/mol. The first kappa shape index (κ1) is 11.8. The van der Waals surface area contributed by atoms with E-state index in [1.54, 1.807) is 13.2 Å². The first-order valence-corrected chi connectivity index (χ1v) is 6.46. The van der Waals surface area contributed by atoms with Crippen LogP contribution in [0.25, 0.3) is 0 Å². The van der Waals surface area contributed by atoms with Crippen LogP contribution in [0.5, 0.6) is 0 Å². The van der Waals surface area contributed by atoms with Gasteiger partial charge in [-0.15, -0.1) is 11.3 Å². The van der Waals surface area contributed by atoms with Gasteiger partial charge in [-0.25, -0.2) is 4.98 Å². The van der Waals surface area contributed by atoms with Crippen molar-refractivity contribution >= 4 is 28.8 Å². The lowest BCUT2D eigenvalue weighted by atomic mass is 10.2. The summed E-state index contributed by atoms with van der Waals surface area (Å²) in [5, 5.41) is 2.71. The Kier molecular flexibility index (Phi) is 3.78. The molecule has 6 heteroatoms. The van der Waals surface area contributed by atoms with Gasteiger partial charge in [0.1, 0.15) is 0 Å². The first-order valence-electron chi connectivity index (χ1n) is 5.26. The quantitative estimate of drug-likeness (QED) is 0.895. The van der Waals surface area contributed by atoms with Crippen molar-refractivity contribution < 1.29 is 4.79 Å². The molecule has 1 aliphatic heterocycles. The van der Waals surface area contributed by atoms with Crippen LogP contribution < -0.4 is 5.32 Å². The number of aromatic nitrogens is 1. The Morgan fingerprint density at radius 2 is 2.62 bits per heavy atom. The molecule has 0 aliphatic carbocycles. The van der Waals surface area contributed by atoms with Crippen LogP contribution in [0.1, 0.15) is 17.7 Å². The molecule has 0 radical (unpaired) electrons. The van der Waals surface area contributed by atoms with E-state index in [2.05, 4.69) is 15.2 Å². The van der Waals surface area contributed by atoms with Gasteiger partial charge in [-0.3, -0.25) is 9.69 Å². The van der Waals surface area contributed by atoms with Crippen LogP contribution in [-0.4, -0.2) is 35.4 Å². The molecule has 16 heavy (non-hydrogen) atoms. The van der Waals surface area contributed by atoms with Gasteiger partial charge in [0.05, 0.1) is 6.04 Å². The molecular weight excluding hydrogens is 246 g/mol. The predicted molar refractivity (Wildman–Crippen MR) is 64.6 cm³/mol. The summed E-state index contributed by atoms with van der Waals surface area (Å²) in [7, 11) is 1.68. The zero-order valence-electron chi connectivity index (χ0n) is 9.07. The van der Waals surface area contributed by atoms with Gasteiger partial charge >= 0.3 is 0 Å². The predicted octanol–water partition coefficient (Wildman–Crippen LogP) is 1.51. The fourth-order valence-corrected chi connectivity index (χ4v) is 3.04. The summed E-state index contributed by atoms with van der Waals surface area (Å²) < 4.78 is 0.561. The summed E-state index contributed by atoms with van der Waals surface area (Å²) in [4.78, 5) is 18.9. The number of nitrogens with one attached hydrogen (secondary N) is 1. The van der Waals surface area contributed by atoms with Crippen LogP contribution in [0.15, 0.2) is 6.20 Å². The van der Waals surface area contributed by atoms with Crippen molar-refractivity contribution in [2.75, 3.05) is 13.6 Å². The number of carbonyl (C=O) groups is 1. The minimum absolute atomic E-state index is 0.00544. The van der Waals surface area contributed by atoms with Crippen molar-refractivity contribution in [3.05, 3.63) is 15.5 Å². The largest absolute Gasteiger partial charge is 0.358 e. The van der Waals surface area contributed by atoms with E-state index in [-0.39, 0.29) is 11.9 Å². The summed E-state index contributed by atoms with van der Waals surface area (Å²) in [5.41, 5.74) is 0. The van der Waals surface area contributed by atoms with E-state index in [0.29, 0.717) is 4.47 Å². The minimum atomic E-state index is 0.00544. The summed E-state index contributed by atoms with van der Waals surface area (Å²) in [5.74, 6) is 0.105. The van der Waals surface area contributed by atoms with Gasteiger partial charge in [0.15, 0.2) is 4.47 Å². The Balaban J connectivity index is 2.01. The maximum absolute atomic E-state index is 11.6. The molecule has 0 saturated carbocycles. The van der Waals surface area contributed by atoms with Crippen LogP contribution in [0.3, 0.4) is 0 Å². The maximum Gasteiger partial charge on any atom is 0.237 e. The highest BCUT2D eigenvalue weighted by atomic mass is 35.5. The van der Waals surface area contributed by atoms with E-state index in [0.717, 1.165) is 30.8 Å². The number of carbonyl (C=O) groups excluding carboxylic acids is 1. The van der Waals surface area contributed by atoms with E-state index in [9.17, 15) is 4.79 Å². The van der Waals surface area contributed by atoms with Crippen LogP contribution in [0, 0.1) is 0 Å². The molecule has 1 N–H and O–H groups in total. The number of likely N-dealkylation sites (tertiary alicyclic amines) is 1. The van der Waals surface area contributed by atoms with E-state index in [1.807, 2.05) is 0 Å². The zero-order valence-corrected chi connectivity index (χ0v) is 10.6. The molecular formula is C10H14ClN3OS.